The highest BCUT2D eigenvalue weighted by molar-refractivity contribution is 7.15. The largest absolute Gasteiger partial charge is 0.292 e. The number of hydrogen-bond donors (Lipinski definition) is 1. The number of nitrogens with zero attached hydrogens (tertiary/aromatic N) is 5. The molecule has 3 amide bonds. The maximum atomic E-state index is 12.6. The highest BCUT2D eigenvalue weighted by atomic mass is 32.1. The number of amides is 3. The lowest BCUT2D eigenvalue weighted by Gasteiger charge is -2.12. The van der Waals surface area contributed by atoms with Crippen LogP contribution < -0.4 is 5.32 Å². The van der Waals surface area contributed by atoms with Crippen LogP contribution in [0.15, 0.2) is 47.8 Å². The van der Waals surface area contributed by atoms with Gasteiger partial charge in [0.25, 0.3) is 23.5 Å². The fourth-order valence-corrected chi connectivity index (χ4v) is 4.33. The number of nitro groups is 1. The highest BCUT2D eigenvalue weighted by Crippen LogP contribution is 2.28. The topological polar surface area (TPSA) is 140 Å². The number of aromatic nitrogens is 3. The second-order valence-electron chi connectivity index (χ2n) is 7.35. The Hall–Kier alpha value is -4.45. The summed E-state index contributed by atoms with van der Waals surface area (Å²) in [7, 11) is 0. The van der Waals surface area contributed by atoms with Crippen LogP contribution in [-0.2, 0) is 4.79 Å². The van der Waals surface area contributed by atoms with Gasteiger partial charge in [-0.05, 0) is 13.0 Å². The van der Waals surface area contributed by atoms with Crippen LogP contribution in [0.25, 0.3) is 16.2 Å². The highest BCUT2D eigenvalue weighted by Gasteiger charge is 2.38. The number of imide groups is 1. The molecule has 4 aromatic rings. The van der Waals surface area contributed by atoms with Gasteiger partial charge >= 0.3 is 0 Å². The summed E-state index contributed by atoms with van der Waals surface area (Å²) in [4.78, 5) is 53.5. The second-order valence-corrected chi connectivity index (χ2v) is 8.18. The molecule has 5 rings (SSSR count). The summed E-state index contributed by atoms with van der Waals surface area (Å²) in [6, 6.07) is 11.3. The third kappa shape index (κ3) is 3.51. The molecule has 0 aliphatic carbocycles. The van der Waals surface area contributed by atoms with Gasteiger partial charge in [0, 0.05) is 23.1 Å². The molecule has 3 heterocycles. The molecule has 2 aromatic carbocycles. The minimum absolute atomic E-state index is 0.0155. The number of carbonyl (C=O) groups is 3. The van der Waals surface area contributed by atoms with E-state index in [0.717, 1.165) is 33.9 Å². The Bertz CT molecular complexity index is 1470. The van der Waals surface area contributed by atoms with E-state index in [1.807, 2.05) is 36.6 Å². The Labute approximate surface area is 189 Å². The number of rotatable bonds is 5. The van der Waals surface area contributed by atoms with Crippen molar-refractivity contribution >= 4 is 45.7 Å². The van der Waals surface area contributed by atoms with Crippen LogP contribution in [0.1, 0.15) is 26.3 Å². The maximum absolute atomic E-state index is 12.6. The molecule has 0 bridgehead atoms. The van der Waals surface area contributed by atoms with E-state index in [9.17, 15) is 24.5 Å². The fraction of sp³-hybridized carbons (Fsp3) is 0.0952. The zero-order valence-corrected chi connectivity index (χ0v) is 17.8. The molecule has 0 saturated heterocycles. The summed E-state index contributed by atoms with van der Waals surface area (Å²) in [6.45, 7) is 1.42. The minimum atomic E-state index is -0.769. The fourth-order valence-electron chi connectivity index (χ4n) is 3.50. The van der Waals surface area contributed by atoms with Crippen LogP contribution in [0.2, 0.25) is 0 Å². The molecule has 1 N–H and O–H groups in total. The third-order valence-corrected chi connectivity index (χ3v) is 5.96. The molecule has 11 nitrogen and oxygen atoms in total. The molecule has 0 saturated carbocycles. The van der Waals surface area contributed by atoms with Crippen molar-refractivity contribution in [3.8, 4) is 11.3 Å². The van der Waals surface area contributed by atoms with Gasteiger partial charge in [-0.2, -0.15) is 4.98 Å². The van der Waals surface area contributed by atoms with Gasteiger partial charge < -0.3 is 0 Å². The predicted molar refractivity (Wildman–Crippen MR) is 118 cm³/mol. The smallest absolute Gasteiger partial charge is 0.270 e. The minimum Gasteiger partial charge on any atom is -0.292 e. The van der Waals surface area contributed by atoms with Crippen molar-refractivity contribution in [2.45, 2.75) is 6.92 Å². The Morgan fingerprint density at radius 1 is 1.12 bits per heavy atom. The maximum Gasteiger partial charge on any atom is 0.270 e. The number of nitro benzene ring substituents is 1. The summed E-state index contributed by atoms with van der Waals surface area (Å²) in [5, 5.41) is 19.7. The molecular formula is C21H14N6O5S. The van der Waals surface area contributed by atoms with Crippen molar-refractivity contribution in [2.75, 3.05) is 11.9 Å². The number of hydrogen-bond acceptors (Lipinski definition) is 8. The molecular weight excluding hydrogens is 448 g/mol. The zero-order valence-electron chi connectivity index (χ0n) is 17.0. The monoisotopic (exact) mass is 462 g/mol. The van der Waals surface area contributed by atoms with Crippen LogP contribution in [-0.4, -0.2) is 48.7 Å². The summed E-state index contributed by atoms with van der Waals surface area (Å²) < 4.78 is 1.60. The van der Waals surface area contributed by atoms with E-state index < -0.39 is 29.2 Å². The van der Waals surface area contributed by atoms with Crippen LogP contribution in [0, 0.1) is 17.0 Å². The van der Waals surface area contributed by atoms with Crippen LogP contribution in [0.3, 0.4) is 0 Å². The molecule has 1 aliphatic rings. The first-order valence-electron chi connectivity index (χ1n) is 9.67. The summed E-state index contributed by atoms with van der Waals surface area (Å²) in [5.74, 6) is -2.10. The summed E-state index contributed by atoms with van der Waals surface area (Å²) in [6.07, 6.45) is 0. The Morgan fingerprint density at radius 2 is 1.85 bits per heavy atom. The van der Waals surface area contributed by atoms with Gasteiger partial charge in [0.2, 0.25) is 10.9 Å². The van der Waals surface area contributed by atoms with Crippen LogP contribution >= 0.6 is 11.3 Å². The lowest BCUT2D eigenvalue weighted by atomic mass is 10.1. The van der Waals surface area contributed by atoms with Crippen molar-refractivity contribution in [2.24, 2.45) is 0 Å². The first-order valence-corrected chi connectivity index (χ1v) is 10.6. The van der Waals surface area contributed by atoms with Gasteiger partial charge in [-0.1, -0.05) is 29.8 Å². The average molecular weight is 462 g/mol. The van der Waals surface area contributed by atoms with E-state index in [1.165, 1.54) is 17.4 Å². The Kier molecular flexibility index (Phi) is 4.71. The number of aryl methyl sites for hydroxylation is 1. The number of anilines is 1. The van der Waals surface area contributed by atoms with Crippen molar-refractivity contribution in [1.29, 1.82) is 0 Å². The van der Waals surface area contributed by atoms with Gasteiger partial charge in [-0.3, -0.25) is 34.7 Å². The molecule has 2 aromatic heterocycles. The molecule has 1 aliphatic heterocycles. The van der Waals surface area contributed by atoms with Crippen molar-refractivity contribution in [1.82, 2.24) is 19.5 Å². The van der Waals surface area contributed by atoms with Gasteiger partial charge in [0.15, 0.2) is 0 Å². The molecule has 0 radical (unpaired) electrons. The summed E-state index contributed by atoms with van der Waals surface area (Å²) in [5.41, 5.74) is 2.47. The number of fused-ring (bicyclic) bond motifs is 2. The lowest BCUT2D eigenvalue weighted by molar-refractivity contribution is -0.384. The lowest BCUT2D eigenvalue weighted by Crippen LogP contribution is -2.37. The number of carbonyl (C=O) groups excluding carboxylic acids is 3. The van der Waals surface area contributed by atoms with Crippen molar-refractivity contribution in [3.63, 3.8) is 0 Å². The van der Waals surface area contributed by atoms with Gasteiger partial charge in [-0.25, -0.2) is 4.52 Å². The van der Waals surface area contributed by atoms with E-state index in [4.69, 9.17) is 0 Å². The van der Waals surface area contributed by atoms with E-state index in [1.54, 1.807) is 4.52 Å². The first kappa shape index (κ1) is 20.5. The number of nitrogens with one attached hydrogen (secondary N) is 1. The predicted octanol–water partition coefficient (Wildman–Crippen LogP) is 2.91. The van der Waals surface area contributed by atoms with Crippen molar-refractivity contribution < 1.29 is 19.3 Å². The Morgan fingerprint density at radius 3 is 2.58 bits per heavy atom. The standard InChI is InChI=1S/C21H14N6O5S/c1-11-2-4-12(5-3-11)16-10-33-21-23-20(24-26(16)21)22-17(28)9-25-18(29)14-7-6-13(27(31)32)8-15(14)19(25)30/h2-8,10H,9H2,1H3,(H,22,24,28). The molecule has 0 atom stereocenters. The van der Waals surface area contributed by atoms with Gasteiger partial charge in [0.05, 0.1) is 21.7 Å². The molecule has 12 heteroatoms. The Balaban J connectivity index is 1.33. The second kappa shape index (κ2) is 7.60. The SMILES string of the molecule is Cc1ccc(-c2csc3nc(NC(=O)CN4C(=O)c5ccc([N+](=O)[O-])cc5C4=O)nn23)cc1. The van der Waals surface area contributed by atoms with Gasteiger partial charge in [0.1, 0.15) is 6.54 Å². The van der Waals surface area contributed by atoms with Gasteiger partial charge in [-0.15, -0.1) is 16.4 Å². The molecule has 164 valence electrons. The van der Waals surface area contributed by atoms with E-state index >= 15 is 0 Å². The molecule has 0 spiro atoms. The third-order valence-electron chi connectivity index (χ3n) is 5.15. The van der Waals surface area contributed by atoms with Crippen LogP contribution in [0.4, 0.5) is 11.6 Å². The summed E-state index contributed by atoms with van der Waals surface area (Å²) >= 11 is 1.35. The van der Waals surface area contributed by atoms with E-state index in [0.29, 0.717) is 4.96 Å². The number of thiazole rings is 1. The van der Waals surface area contributed by atoms with Crippen LogP contribution in [0.5, 0.6) is 0 Å². The quantitative estimate of drug-likeness (QED) is 0.273. The van der Waals surface area contributed by atoms with Crippen molar-refractivity contribution in [3.05, 3.63) is 74.6 Å². The number of benzene rings is 2. The zero-order chi connectivity index (χ0) is 23.3. The first-order chi connectivity index (χ1) is 15.8. The van der Waals surface area contributed by atoms with E-state index in [2.05, 4.69) is 15.4 Å². The normalized spacial score (nSPS) is 12.9. The average Bonchev–Trinajstić information content (AvgIpc) is 3.42. The number of non-ortho nitro benzene ring substituents is 1. The molecule has 0 unspecified atom stereocenters. The molecule has 33 heavy (non-hydrogen) atoms. The van der Waals surface area contributed by atoms with E-state index in [-0.39, 0.29) is 22.8 Å². The molecule has 0 fully saturated rings.